The van der Waals surface area contributed by atoms with Gasteiger partial charge in [0.05, 0.1) is 30.4 Å². The number of hydrogen-bond donors (Lipinski definition) is 1. The Morgan fingerprint density at radius 3 is 2.68 bits per heavy atom. The van der Waals surface area contributed by atoms with E-state index in [9.17, 15) is 14.9 Å². The standard InChI is InChI=1S/C19H24N4O5/c1-21(2)17(18-4-3-9-28-18)13-20-19(24)14-5-6-15(16(12-14)23(25)26)22-7-10-27-11-8-22/h3-6,9,12,17H,7-8,10-11,13H2,1-2H3,(H,20,24). The second kappa shape index (κ2) is 8.85. The number of amides is 1. The largest absolute Gasteiger partial charge is 0.468 e. The number of nitrogens with zero attached hydrogens (tertiary/aromatic N) is 3. The molecule has 1 saturated heterocycles. The number of nitro groups is 1. The summed E-state index contributed by atoms with van der Waals surface area (Å²) in [5.41, 5.74) is 0.678. The molecule has 1 aromatic heterocycles. The summed E-state index contributed by atoms with van der Waals surface area (Å²) in [7, 11) is 3.78. The van der Waals surface area contributed by atoms with Crippen molar-refractivity contribution in [3.05, 3.63) is 58.0 Å². The van der Waals surface area contributed by atoms with Gasteiger partial charge >= 0.3 is 0 Å². The summed E-state index contributed by atoms with van der Waals surface area (Å²) in [5, 5.41) is 14.4. The number of benzene rings is 1. The molecular weight excluding hydrogens is 364 g/mol. The fourth-order valence-corrected chi connectivity index (χ4v) is 3.19. The minimum Gasteiger partial charge on any atom is -0.468 e. The molecule has 150 valence electrons. The second-order valence-electron chi connectivity index (χ2n) is 6.76. The predicted octanol–water partition coefficient (Wildman–Crippen LogP) is 2.06. The summed E-state index contributed by atoms with van der Waals surface area (Å²) < 4.78 is 10.7. The van der Waals surface area contributed by atoms with Crippen molar-refractivity contribution in [2.24, 2.45) is 0 Å². The van der Waals surface area contributed by atoms with Crippen LogP contribution in [-0.4, -0.2) is 62.7 Å². The molecule has 1 amide bonds. The molecule has 28 heavy (non-hydrogen) atoms. The van der Waals surface area contributed by atoms with Crippen molar-refractivity contribution in [1.29, 1.82) is 0 Å². The van der Waals surface area contributed by atoms with Gasteiger partial charge in [-0.1, -0.05) is 0 Å². The van der Waals surface area contributed by atoms with E-state index >= 15 is 0 Å². The Balaban J connectivity index is 1.74. The lowest BCUT2D eigenvalue weighted by Gasteiger charge is -2.28. The highest BCUT2D eigenvalue weighted by molar-refractivity contribution is 5.95. The van der Waals surface area contributed by atoms with Crippen molar-refractivity contribution in [2.45, 2.75) is 6.04 Å². The van der Waals surface area contributed by atoms with E-state index in [1.54, 1.807) is 24.5 Å². The number of nitro benzene ring substituents is 1. The van der Waals surface area contributed by atoms with Crippen LogP contribution in [0.4, 0.5) is 11.4 Å². The Hall–Kier alpha value is -2.91. The minimum absolute atomic E-state index is 0.0789. The SMILES string of the molecule is CN(C)C(CNC(=O)c1ccc(N2CCOCC2)c([N+](=O)[O-])c1)c1ccco1. The number of rotatable bonds is 7. The van der Waals surface area contributed by atoms with Gasteiger partial charge in [-0.2, -0.15) is 0 Å². The molecule has 3 rings (SSSR count). The fraction of sp³-hybridized carbons (Fsp3) is 0.421. The summed E-state index contributed by atoms with van der Waals surface area (Å²) in [6, 6.07) is 8.08. The number of nitrogens with one attached hydrogen (secondary N) is 1. The first-order chi connectivity index (χ1) is 13.5. The number of likely N-dealkylation sites (N-methyl/N-ethyl adjacent to an activating group) is 1. The van der Waals surface area contributed by atoms with E-state index in [-0.39, 0.29) is 23.2 Å². The van der Waals surface area contributed by atoms with E-state index in [1.165, 1.54) is 6.07 Å². The lowest BCUT2D eigenvalue weighted by atomic mass is 10.1. The third-order valence-electron chi connectivity index (χ3n) is 4.74. The van der Waals surface area contributed by atoms with Gasteiger partial charge in [0, 0.05) is 31.3 Å². The third kappa shape index (κ3) is 4.49. The summed E-state index contributed by atoms with van der Waals surface area (Å²) in [5.74, 6) is 0.369. The molecule has 0 radical (unpaired) electrons. The monoisotopic (exact) mass is 388 g/mol. The van der Waals surface area contributed by atoms with Crippen molar-refractivity contribution in [3.8, 4) is 0 Å². The van der Waals surface area contributed by atoms with E-state index in [1.807, 2.05) is 30.0 Å². The van der Waals surface area contributed by atoms with Crippen LogP contribution >= 0.6 is 0 Å². The Labute approximate surface area is 163 Å². The first kappa shape index (κ1) is 19.8. The number of carbonyl (C=O) groups is 1. The van der Waals surface area contributed by atoms with Crippen molar-refractivity contribution >= 4 is 17.3 Å². The predicted molar refractivity (Wildman–Crippen MR) is 104 cm³/mol. The lowest BCUT2D eigenvalue weighted by Crippen LogP contribution is -2.37. The normalized spacial score (nSPS) is 15.5. The fourth-order valence-electron chi connectivity index (χ4n) is 3.19. The van der Waals surface area contributed by atoms with Crippen LogP contribution in [0.3, 0.4) is 0 Å². The molecule has 0 saturated carbocycles. The van der Waals surface area contributed by atoms with Gasteiger partial charge in [0.2, 0.25) is 0 Å². The molecule has 9 nitrogen and oxygen atoms in total. The molecule has 1 aromatic carbocycles. The van der Waals surface area contributed by atoms with E-state index in [2.05, 4.69) is 5.32 Å². The molecule has 1 atom stereocenters. The van der Waals surface area contributed by atoms with Crippen LogP contribution in [0.2, 0.25) is 0 Å². The quantitative estimate of drug-likeness (QED) is 0.572. The highest BCUT2D eigenvalue weighted by atomic mass is 16.6. The highest BCUT2D eigenvalue weighted by Gasteiger charge is 2.24. The first-order valence-corrected chi connectivity index (χ1v) is 9.06. The molecule has 9 heteroatoms. The summed E-state index contributed by atoms with van der Waals surface area (Å²) in [6.45, 7) is 2.54. The summed E-state index contributed by atoms with van der Waals surface area (Å²) in [6.07, 6.45) is 1.58. The first-order valence-electron chi connectivity index (χ1n) is 9.06. The van der Waals surface area contributed by atoms with Crippen molar-refractivity contribution < 1.29 is 18.9 Å². The zero-order valence-electron chi connectivity index (χ0n) is 16.0. The lowest BCUT2D eigenvalue weighted by molar-refractivity contribution is -0.384. The van der Waals surface area contributed by atoms with Gasteiger partial charge in [-0.25, -0.2) is 0 Å². The second-order valence-corrected chi connectivity index (χ2v) is 6.76. The molecule has 2 heterocycles. The number of ether oxygens (including phenoxy) is 1. The molecule has 0 aliphatic carbocycles. The summed E-state index contributed by atoms with van der Waals surface area (Å²) >= 11 is 0. The summed E-state index contributed by atoms with van der Waals surface area (Å²) in [4.78, 5) is 27.5. The average molecular weight is 388 g/mol. The minimum atomic E-state index is -0.451. The molecule has 1 fully saturated rings. The zero-order chi connectivity index (χ0) is 20.1. The number of hydrogen-bond acceptors (Lipinski definition) is 7. The number of morpholine rings is 1. The van der Waals surface area contributed by atoms with Gasteiger partial charge in [-0.15, -0.1) is 0 Å². The average Bonchev–Trinajstić information content (AvgIpc) is 3.22. The van der Waals surface area contributed by atoms with Crippen LogP contribution in [-0.2, 0) is 4.74 Å². The Kier molecular flexibility index (Phi) is 6.27. The van der Waals surface area contributed by atoms with Gasteiger partial charge in [0.15, 0.2) is 0 Å². The van der Waals surface area contributed by atoms with E-state index in [0.29, 0.717) is 38.5 Å². The smallest absolute Gasteiger partial charge is 0.293 e. The van der Waals surface area contributed by atoms with Crippen LogP contribution in [0, 0.1) is 10.1 Å². The van der Waals surface area contributed by atoms with Crippen LogP contribution in [0.15, 0.2) is 41.0 Å². The zero-order valence-corrected chi connectivity index (χ0v) is 16.0. The van der Waals surface area contributed by atoms with Crippen LogP contribution in [0.1, 0.15) is 22.2 Å². The molecule has 2 aromatic rings. The van der Waals surface area contributed by atoms with Crippen molar-refractivity contribution in [3.63, 3.8) is 0 Å². The van der Waals surface area contributed by atoms with E-state index < -0.39 is 4.92 Å². The number of furan rings is 1. The maximum Gasteiger partial charge on any atom is 0.293 e. The molecule has 1 aliphatic rings. The Morgan fingerprint density at radius 2 is 2.07 bits per heavy atom. The van der Waals surface area contributed by atoms with Gasteiger partial charge in [-0.05, 0) is 38.4 Å². The maximum absolute atomic E-state index is 12.6. The number of anilines is 1. The van der Waals surface area contributed by atoms with E-state index in [4.69, 9.17) is 9.15 Å². The topological polar surface area (TPSA) is 101 Å². The van der Waals surface area contributed by atoms with Gasteiger partial charge in [0.1, 0.15) is 11.4 Å². The van der Waals surface area contributed by atoms with Gasteiger partial charge in [0.25, 0.3) is 11.6 Å². The number of carbonyl (C=O) groups excluding carboxylic acids is 1. The Bertz CT molecular complexity index is 816. The highest BCUT2D eigenvalue weighted by Crippen LogP contribution is 2.30. The van der Waals surface area contributed by atoms with Crippen LogP contribution in [0.5, 0.6) is 0 Å². The molecule has 1 N–H and O–H groups in total. The van der Waals surface area contributed by atoms with Gasteiger partial charge < -0.3 is 19.4 Å². The molecule has 1 aliphatic heterocycles. The van der Waals surface area contributed by atoms with Crippen molar-refractivity contribution in [1.82, 2.24) is 10.2 Å². The maximum atomic E-state index is 12.6. The molecular formula is C19H24N4O5. The van der Waals surface area contributed by atoms with Gasteiger partial charge in [-0.3, -0.25) is 19.8 Å². The van der Waals surface area contributed by atoms with Crippen molar-refractivity contribution in [2.75, 3.05) is 51.8 Å². The Morgan fingerprint density at radius 1 is 1.32 bits per heavy atom. The molecule has 0 bridgehead atoms. The van der Waals surface area contributed by atoms with Crippen LogP contribution < -0.4 is 10.2 Å². The van der Waals surface area contributed by atoms with Crippen LogP contribution in [0.25, 0.3) is 0 Å². The van der Waals surface area contributed by atoms with E-state index in [0.717, 1.165) is 5.76 Å². The molecule has 1 unspecified atom stereocenters. The third-order valence-corrected chi connectivity index (χ3v) is 4.74. The molecule has 0 spiro atoms.